The third-order valence-corrected chi connectivity index (χ3v) is 5.19. The first-order chi connectivity index (χ1) is 11.4. The van der Waals surface area contributed by atoms with E-state index in [0.29, 0.717) is 27.1 Å². The highest BCUT2D eigenvalue weighted by atomic mass is 35.5. The van der Waals surface area contributed by atoms with E-state index in [4.69, 9.17) is 32.7 Å². The number of benzene rings is 2. The zero-order valence-corrected chi connectivity index (χ0v) is 15.3. The van der Waals surface area contributed by atoms with Crippen LogP contribution in [0.5, 0.6) is 11.5 Å². The van der Waals surface area contributed by atoms with Gasteiger partial charge in [0.2, 0.25) is 10.0 Å². The monoisotopic (exact) mass is 389 g/mol. The minimum absolute atomic E-state index is 0.141. The normalized spacial score (nSPS) is 11.3. The fourth-order valence-corrected chi connectivity index (χ4v) is 3.43. The Balaban J connectivity index is 1.85. The van der Waals surface area contributed by atoms with Gasteiger partial charge in [-0.05, 0) is 29.8 Å². The van der Waals surface area contributed by atoms with E-state index < -0.39 is 10.0 Å². The Morgan fingerprint density at radius 3 is 2.42 bits per heavy atom. The molecule has 0 fully saturated rings. The van der Waals surface area contributed by atoms with Gasteiger partial charge in [0.1, 0.15) is 6.61 Å². The molecule has 0 atom stereocenters. The molecule has 5 nitrogen and oxygen atoms in total. The summed E-state index contributed by atoms with van der Waals surface area (Å²) in [7, 11) is -1.95. The lowest BCUT2D eigenvalue weighted by atomic mass is 10.2. The van der Waals surface area contributed by atoms with Crippen molar-refractivity contribution in [3.8, 4) is 11.5 Å². The second-order valence-electron chi connectivity index (χ2n) is 4.90. The van der Waals surface area contributed by atoms with E-state index in [0.717, 1.165) is 0 Å². The fraction of sp³-hybridized carbons (Fsp3) is 0.250. The molecule has 0 unspecified atom stereocenters. The van der Waals surface area contributed by atoms with E-state index in [9.17, 15) is 8.42 Å². The molecule has 0 aliphatic heterocycles. The van der Waals surface area contributed by atoms with Crippen LogP contribution in [-0.2, 0) is 15.8 Å². The van der Waals surface area contributed by atoms with Crippen molar-refractivity contribution in [2.75, 3.05) is 20.3 Å². The molecule has 0 saturated carbocycles. The number of sulfonamides is 1. The molecule has 0 bridgehead atoms. The lowest BCUT2D eigenvalue weighted by Crippen LogP contribution is -2.29. The van der Waals surface area contributed by atoms with Gasteiger partial charge in [-0.15, -0.1) is 0 Å². The Hall–Kier alpha value is -1.47. The summed E-state index contributed by atoms with van der Waals surface area (Å²) in [5, 5.41) is 0.708. The molecule has 0 amide bonds. The zero-order chi connectivity index (χ0) is 17.6. The Morgan fingerprint density at radius 1 is 1.04 bits per heavy atom. The summed E-state index contributed by atoms with van der Waals surface area (Å²) in [5.74, 6) is 0.971. The maximum atomic E-state index is 12.1. The van der Waals surface area contributed by atoms with E-state index in [1.807, 2.05) is 12.1 Å². The highest BCUT2D eigenvalue weighted by molar-refractivity contribution is 7.88. The number of methoxy groups -OCH3 is 1. The first-order valence-electron chi connectivity index (χ1n) is 7.08. The number of rotatable bonds is 8. The Bertz CT molecular complexity index is 796. The Kier molecular flexibility index (Phi) is 6.74. The van der Waals surface area contributed by atoms with Crippen LogP contribution in [0.1, 0.15) is 5.56 Å². The Morgan fingerprint density at radius 2 is 1.75 bits per heavy atom. The van der Waals surface area contributed by atoms with Crippen LogP contribution >= 0.6 is 23.2 Å². The molecule has 130 valence electrons. The molecule has 0 radical (unpaired) electrons. The quantitative estimate of drug-likeness (QED) is 0.701. The standard InChI is InChI=1S/C16H17Cl2NO4S/c1-22-15-4-2-3-5-16(15)23-9-8-19-24(20,21)11-12-6-7-13(17)14(18)10-12/h2-7,10,19H,8-9,11H2,1H3. The second-order valence-corrected chi connectivity index (χ2v) is 7.52. The van der Waals surface area contributed by atoms with Gasteiger partial charge in [0.15, 0.2) is 11.5 Å². The van der Waals surface area contributed by atoms with Gasteiger partial charge in [-0.2, -0.15) is 0 Å². The zero-order valence-electron chi connectivity index (χ0n) is 13.0. The number of hydrogen-bond acceptors (Lipinski definition) is 4. The molecule has 2 aromatic rings. The van der Waals surface area contributed by atoms with Crippen molar-refractivity contribution in [2.45, 2.75) is 5.75 Å². The van der Waals surface area contributed by atoms with Crippen molar-refractivity contribution in [3.05, 3.63) is 58.1 Å². The molecular weight excluding hydrogens is 373 g/mol. The smallest absolute Gasteiger partial charge is 0.215 e. The van der Waals surface area contributed by atoms with Crippen molar-refractivity contribution in [2.24, 2.45) is 0 Å². The fourth-order valence-electron chi connectivity index (χ4n) is 2.00. The number of nitrogens with one attached hydrogen (secondary N) is 1. The molecule has 1 N–H and O–H groups in total. The van der Waals surface area contributed by atoms with Crippen LogP contribution in [0.15, 0.2) is 42.5 Å². The molecule has 8 heteroatoms. The van der Waals surface area contributed by atoms with Gasteiger partial charge >= 0.3 is 0 Å². The summed E-state index contributed by atoms with van der Waals surface area (Å²) in [4.78, 5) is 0. The van der Waals surface area contributed by atoms with Gasteiger partial charge in [0.05, 0.1) is 22.9 Å². The van der Waals surface area contributed by atoms with Crippen molar-refractivity contribution in [1.29, 1.82) is 0 Å². The van der Waals surface area contributed by atoms with Crippen LogP contribution in [-0.4, -0.2) is 28.7 Å². The molecule has 2 rings (SSSR count). The average molecular weight is 390 g/mol. The predicted octanol–water partition coefficient (Wildman–Crippen LogP) is 3.50. The number of halogens is 2. The molecule has 0 spiro atoms. The molecule has 0 aliphatic rings. The average Bonchev–Trinajstić information content (AvgIpc) is 2.55. The molecule has 0 aromatic heterocycles. The summed E-state index contributed by atoms with van der Waals surface area (Å²) in [6.45, 7) is 0.322. The number of ether oxygens (including phenoxy) is 2. The minimum atomic E-state index is -3.50. The third-order valence-electron chi connectivity index (χ3n) is 3.09. The van der Waals surface area contributed by atoms with Crippen LogP contribution in [0.4, 0.5) is 0 Å². The maximum Gasteiger partial charge on any atom is 0.215 e. The highest BCUT2D eigenvalue weighted by Gasteiger charge is 2.12. The maximum absolute atomic E-state index is 12.1. The van der Waals surface area contributed by atoms with E-state index in [-0.39, 0.29) is 18.9 Å². The first-order valence-corrected chi connectivity index (χ1v) is 9.49. The number of para-hydroxylation sites is 2. The van der Waals surface area contributed by atoms with Gasteiger partial charge < -0.3 is 9.47 Å². The summed E-state index contributed by atoms with van der Waals surface area (Å²) >= 11 is 11.7. The third kappa shape index (κ3) is 5.56. The summed E-state index contributed by atoms with van der Waals surface area (Å²) in [5.41, 5.74) is 0.558. The predicted molar refractivity (Wildman–Crippen MR) is 95.6 cm³/mol. The van der Waals surface area contributed by atoms with E-state index in [2.05, 4.69) is 4.72 Å². The van der Waals surface area contributed by atoms with Crippen molar-refractivity contribution < 1.29 is 17.9 Å². The van der Waals surface area contributed by atoms with Gasteiger partial charge in [-0.25, -0.2) is 13.1 Å². The minimum Gasteiger partial charge on any atom is -0.493 e. The molecule has 0 heterocycles. The lowest BCUT2D eigenvalue weighted by molar-refractivity contribution is 0.298. The molecule has 24 heavy (non-hydrogen) atoms. The molecular formula is C16H17Cl2NO4S. The van der Waals surface area contributed by atoms with Crippen molar-refractivity contribution >= 4 is 33.2 Å². The van der Waals surface area contributed by atoms with E-state index >= 15 is 0 Å². The number of hydrogen-bond donors (Lipinski definition) is 1. The summed E-state index contributed by atoms with van der Waals surface area (Å²) in [6.07, 6.45) is 0. The lowest BCUT2D eigenvalue weighted by Gasteiger charge is -2.11. The van der Waals surface area contributed by atoms with E-state index in [1.165, 1.54) is 6.07 Å². The van der Waals surface area contributed by atoms with Gasteiger partial charge in [-0.1, -0.05) is 41.4 Å². The van der Waals surface area contributed by atoms with Gasteiger partial charge in [0, 0.05) is 6.54 Å². The topological polar surface area (TPSA) is 64.6 Å². The van der Waals surface area contributed by atoms with Crippen LogP contribution in [0, 0.1) is 0 Å². The molecule has 0 aliphatic carbocycles. The SMILES string of the molecule is COc1ccccc1OCCNS(=O)(=O)Cc1ccc(Cl)c(Cl)c1. The largest absolute Gasteiger partial charge is 0.493 e. The summed E-state index contributed by atoms with van der Waals surface area (Å²) < 4.78 is 37.3. The second kappa shape index (κ2) is 8.58. The van der Waals surface area contributed by atoms with Gasteiger partial charge in [-0.3, -0.25) is 0 Å². The first kappa shape index (κ1) is 18.9. The van der Waals surface area contributed by atoms with Crippen molar-refractivity contribution in [1.82, 2.24) is 4.72 Å². The van der Waals surface area contributed by atoms with Crippen LogP contribution in [0.3, 0.4) is 0 Å². The Labute approximate surface area is 151 Å². The summed E-state index contributed by atoms with van der Waals surface area (Å²) in [6, 6.07) is 11.9. The van der Waals surface area contributed by atoms with Crippen LogP contribution in [0.2, 0.25) is 10.0 Å². The van der Waals surface area contributed by atoms with Crippen LogP contribution < -0.4 is 14.2 Å². The highest BCUT2D eigenvalue weighted by Crippen LogP contribution is 2.25. The molecule has 0 saturated heterocycles. The van der Waals surface area contributed by atoms with Crippen molar-refractivity contribution in [3.63, 3.8) is 0 Å². The van der Waals surface area contributed by atoms with Gasteiger partial charge in [0.25, 0.3) is 0 Å². The van der Waals surface area contributed by atoms with Crippen LogP contribution in [0.25, 0.3) is 0 Å². The van der Waals surface area contributed by atoms with E-state index in [1.54, 1.807) is 31.4 Å². The molecule has 2 aromatic carbocycles.